The van der Waals surface area contributed by atoms with Crippen molar-refractivity contribution in [3.63, 3.8) is 0 Å². The minimum absolute atomic E-state index is 0.386. The van der Waals surface area contributed by atoms with Crippen LogP contribution in [0.15, 0.2) is 18.2 Å². The molecule has 5 heteroatoms. The number of rotatable bonds is 7. The smallest absolute Gasteiger partial charge is 0.106 e. The van der Waals surface area contributed by atoms with Gasteiger partial charge in [-0.2, -0.15) is 0 Å². The largest absolute Gasteiger partial charge is 0.389 e. The average Bonchev–Trinajstić information content (AvgIpc) is 3.18. The molecule has 0 aromatic heterocycles. The van der Waals surface area contributed by atoms with Crippen LogP contribution in [0.4, 0.5) is 5.69 Å². The molecule has 0 unspecified atom stereocenters. The van der Waals surface area contributed by atoms with E-state index in [4.69, 9.17) is 34.3 Å². The van der Waals surface area contributed by atoms with Gasteiger partial charge < -0.3 is 15.4 Å². The summed E-state index contributed by atoms with van der Waals surface area (Å²) < 4.78 is 5.64. The molecule has 0 amide bonds. The Morgan fingerprint density at radius 3 is 2.89 bits per heavy atom. The third-order valence-corrected chi connectivity index (χ3v) is 3.71. The molecule has 104 valence electrons. The standard InChI is InChI=1S/C14H19ClN2OS/c1-17(6-7-18-9-10-2-3-10)13-8-11(15)4-5-12(13)14(16)19/h4-5,8,10H,2-3,6-7,9H2,1H3,(H2,16,19). The van der Waals surface area contributed by atoms with Crippen LogP contribution in [0.5, 0.6) is 0 Å². The van der Waals surface area contributed by atoms with Crippen molar-refractivity contribution < 1.29 is 4.74 Å². The van der Waals surface area contributed by atoms with E-state index in [1.54, 1.807) is 6.07 Å². The second-order valence-electron chi connectivity index (χ2n) is 4.97. The third kappa shape index (κ3) is 4.34. The summed E-state index contributed by atoms with van der Waals surface area (Å²) in [6.07, 6.45) is 2.63. The quantitative estimate of drug-likeness (QED) is 0.620. The third-order valence-electron chi connectivity index (χ3n) is 3.26. The fourth-order valence-corrected chi connectivity index (χ4v) is 2.22. The van der Waals surface area contributed by atoms with Gasteiger partial charge in [-0.25, -0.2) is 0 Å². The Balaban J connectivity index is 1.93. The summed E-state index contributed by atoms with van der Waals surface area (Å²) >= 11 is 11.1. The first-order valence-corrected chi connectivity index (χ1v) is 7.25. The van der Waals surface area contributed by atoms with Crippen LogP contribution in [0, 0.1) is 5.92 Å². The lowest BCUT2D eigenvalue weighted by molar-refractivity contribution is 0.131. The molecule has 1 aromatic carbocycles. The predicted octanol–water partition coefficient (Wildman–Crippen LogP) is 2.84. The topological polar surface area (TPSA) is 38.5 Å². The summed E-state index contributed by atoms with van der Waals surface area (Å²) in [7, 11) is 1.99. The molecule has 0 atom stereocenters. The molecule has 3 nitrogen and oxygen atoms in total. The number of halogens is 1. The summed E-state index contributed by atoms with van der Waals surface area (Å²) in [4.78, 5) is 2.46. The summed E-state index contributed by atoms with van der Waals surface area (Å²) in [6, 6.07) is 5.55. The van der Waals surface area contributed by atoms with E-state index >= 15 is 0 Å². The molecule has 19 heavy (non-hydrogen) atoms. The monoisotopic (exact) mass is 298 g/mol. The van der Waals surface area contributed by atoms with Crippen LogP contribution >= 0.6 is 23.8 Å². The van der Waals surface area contributed by atoms with Gasteiger partial charge in [0.15, 0.2) is 0 Å². The number of hydrogen-bond donors (Lipinski definition) is 1. The Morgan fingerprint density at radius 1 is 1.53 bits per heavy atom. The van der Waals surface area contributed by atoms with Gasteiger partial charge in [0.05, 0.1) is 6.61 Å². The van der Waals surface area contributed by atoms with Crippen LogP contribution in [0.3, 0.4) is 0 Å². The van der Waals surface area contributed by atoms with Crippen LogP contribution < -0.4 is 10.6 Å². The number of anilines is 1. The summed E-state index contributed by atoms with van der Waals surface area (Å²) in [5, 5.41) is 0.681. The zero-order valence-corrected chi connectivity index (χ0v) is 12.6. The Morgan fingerprint density at radius 2 is 2.26 bits per heavy atom. The van der Waals surface area contributed by atoms with E-state index in [-0.39, 0.29) is 0 Å². The highest BCUT2D eigenvalue weighted by Gasteiger charge is 2.21. The fraction of sp³-hybridized carbons (Fsp3) is 0.500. The lowest BCUT2D eigenvalue weighted by atomic mass is 10.1. The maximum atomic E-state index is 6.03. The molecule has 1 fully saturated rings. The molecule has 0 radical (unpaired) electrons. The average molecular weight is 299 g/mol. The van der Waals surface area contributed by atoms with Crippen LogP contribution in [-0.2, 0) is 4.74 Å². The van der Waals surface area contributed by atoms with Crippen molar-refractivity contribution in [2.24, 2.45) is 11.7 Å². The second kappa shape index (κ2) is 6.55. The van der Waals surface area contributed by atoms with E-state index in [1.807, 2.05) is 19.2 Å². The summed E-state index contributed by atoms with van der Waals surface area (Å²) in [5.74, 6) is 0.795. The molecule has 0 saturated heterocycles. The van der Waals surface area contributed by atoms with Gasteiger partial charge in [-0.3, -0.25) is 0 Å². The number of benzene rings is 1. The van der Waals surface area contributed by atoms with Crippen molar-refractivity contribution in [3.8, 4) is 0 Å². The number of thiocarbonyl (C=S) groups is 1. The number of ether oxygens (including phenoxy) is 1. The van der Waals surface area contributed by atoms with Gasteiger partial charge in [0.2, 0.25) is 0 Å². The van der Waals surface area contributed by atoms with Crippen LogP contribution in [0.2, 0.25) is 5.02 Å². The van der Waals surface area contributed by atoms with Crippen molar-refractivity contribution >= 4 is 34.5 Å². The van der Waals surface area contributed by atoms with Gasteiger partial charge in [-0.1, -0.05) is 23.8 Å². The van der Waals surface area contributed by atoms with Crippen LogP contribution in [0.25, 0.3) is 0 Å². The molecule has 0 aliphatic heterocycles. The first-order valence-electron chi connectivity index (χ1n) is 6.46. The minimum atomic E-state index is 0.386. The van der Waals surface area contributed by atoms with Gasteiger partial charge in [0, 0.05) is 36.5 Å². The first kappa shape index (κ1) is 14.6. The number of hydrogen-bond acceptors (Lipinski definition) is 3. The van der Waals surface area contributed by atoms with Gasteiger partial charge in [0.1, 0.15) is 4.99 Å². The normalized spacial score (nSPS) is 14.4. The molecule has 1 aliphatic rings. The molecule has 0 heterocycles. The van der Waals surface area contributed by atoms with E-state index in [9.17, 15) is 0 Å². The SMILES string of the molecule is CN(CCOCC1CC1)c1cc(Cl)ccc1C(N)=S. The van der Waals surface area contributed by atoms with Crippen LogP contribution in [0.1, 0.15) is 18.4 Å². The molecule has 1 aromatic rings. The zero-order valence-electron chi connectivity index (χ0n) is 11.1. The molecular formula is C14H19ClN2OS. The van der Waals surface area contributed by atoms with E-state index < -0.39 is 0 Å². The zero-order chi connectivity index (χ0) is 13.8. The van der Waals surface area contributed by atoms with Gasteiger partial charge in [-0.05, 0) is 37.0 Å². The Kier molecular flexibility index (Phi) is 5.02. The van der Waals surface area contributed by atoms with Gasteiger partial charge >= 0.3 is 0 Å². The Bertz CT molecular complexity index is 463. The van der Waals surface area contributed by atoms with E-state index in [2.05, 4.69) is 4.90 Å². The van der Waals surface area contributed by atoms with E-state index in [1.165, 1.54) is 12.8 Å². The molecule has 2 rings (SSSR count). The maximum absolute atomic E-state index is 6.03. The first-order chi connectivity index (χ1) is 9.08. The van der Waals surface area contributed by atoms with Crippen molar-refractivity contribution in [2.45, 2.75) is 12.8 Å². The molecule has 0 spiro atoms. The highest BCUT2D eigenvalue weighted by atomic mass is 35.5. The number of nitrogens with two attached hydrogens (primary N) is 1. The Labute approximate surface area is 124 Å². The van der Waals surface area contributed by atoms with Crippen molar-refractivity contribution in [1.29, 1.82) is 0 Å². The molecule has 2 N–H and O–H groups in total. The predicted molar refractivity (Wildman–Crippen MR) is 84.2 cm³/mol. The van der Waals surface area contributed by atoms with Crippen molar-refractivity contribution in [1.82, 2.24) is 0 Å². The lowest BCUT2D eigenvalue weighted by Gasteiger charge is -2.22. The lowest BCUT2D eigenvalue weighted by Crippen LogP contribution is -2.26. The number of nitrogens with zero attached hydrogens (tertiary/aromatic N) is 1. The number of likely N-dealkylation sites (N-methyl/N-ethyl adjacent to an activating group) is 1. The minimum Gasteiger partial charge on any atom is -0.389 e. The molecule has 0 bridgehead atoms. The Hall–Kier alpha value is -0.840. The molecule has 1 saturated carbocycles. The van der Waals surface area contributed by atoms with Crippen LogP contribution in [-0.4, -0.2) is 31.8 Å². The van der Waals surface area contributed by atoms with Crippen molar-refractivity contribution in [2.75, 3.05) is 31.7 Å². The van der Waals surface area contributed by atoms with Gasteiger partial charge in [-0.15, -0.1) is 0 Å². The van der Waals surface area contributed by atoms with E-state index in [0.29, 0.717) is 16.6 Å². The van der Waals surface area contributed by atoms with E-state index in [0.717, 1.165) is 30.3 Å². The highest BCUT2D eigenvalue weighted by molar-refractivity contribution is 7.80. The van der Waals surface area contributed by atoms with Crippen molar-refractivity contribution in [3.05, 3.63) is 28.8 Å². The molecular weight excluding hydrogens is 280 g/mol. The maximum Gasteiger partial charge on any atom is 0.106 e. The summed E-state index contributed by atoms with van der Waals surface area (Å²) in [6.45, 7) is 2.38. The fourth-order valence-electron chi connectivity index (χ4n) is 1.89. The summed E-state index contributed by atoms with van der Waals surface area (Å²) in [5.41, 5.74) is 7.54. The molecule has 1 aliphatic carbocycles. The van der Waals surface area contributed by atoms with Gasteiger partial charge in [0.25, 0.3) is 0 Å². The highest BCUT2D eigenvalue weighted by Crippen LogP contribution is 2.29. The second-order valence-corrected chi connectivity index (χ2v) is 5.84.